The van der Waals surface area contributed by atoms with Crippen molar-refractivity contribution in [3.05, 3.63) is 0 Å². The van der Waals surface area contributed by atoms with Crippen molar-refractivity contribution in [1.29, 1.82) is 0 Å². The van der Waals surface area contributed by atoms with Crippen molar-refractivity contribution < 1.29 is 9.84 Å². The Morgan fingerprint density at radius 1 is 1.07 bits per heavy atom. The number of unbranched alkanes of at least 4 members (excludes halogenated alkanes) is 3. The minimum atomic E-state index is 0.115. The Balaban J connectivity index is 2.15. The van der Waals surface area contributed by atoms with E-state index in [1.54, 1.807) is 0 Å². The molecule has 2 nitrogen and oxygen atoms in total. The van der Waals surface area contributed by atoms with Crippen LogP contribution in [-0.2, 0) is 4.74 Å². The normalized spacial score (nSPS) is 27.6. The maximum Gasteiger partial charge on any atom is 0.0809 e. The summed E-state index contributed by atoms with van der Waals surface area (Å²) in [6, 6.07) is 0. The Bertz CT molecular complexity index is 147. The summed E-state index contributed by atoms with van der Waals surface area (Å²) in [4.78, 5) is 0. The summed E-state index contributed by atoms with van der Waals surface area (Å²) in [5.41, 5.74) is 0. The van der Waals surface area contributed by atoms with Crippen LogP contribution in [0.5, 0.6) is 0 Å². The Morgan fingerprint density at radius 2 is 1.80 bits per heavy atom. The molecular formula is C13H26O2. The highest BCUT2D eigenvalue weighted by molar-refractivity contribution is 4.68. The number of aliphatic hydroxyl groups is 1. The van der Waals surface area contributed by atoms with E-state index in [4.69, 9.17) is 9.84 Å². The number of ether oxygens (including phenoxy) is 1. The molecule has 0 unspecified atom stereocenters. The molecule has 0 radical (unpaired) electrons. The number of aliphatic hydroxyl groups excluding tert-OH is 1. The number of hydrogen-bond donors (Lipinski definition) is 1. The summed E-state index contributed by atoms with van der Waals surface area (Å²) in [7, 11) is 0. The maximum absolute atomic E-state index is 9.12. The molecule has 1 aliphatic heterocycles. The van der Waals surface area contributed by atoms with Crippen molar-refractivity contribution in [3.8, 4) is 0 Å². The molecule has 1 N–H and O–H groups in total. The van der Waals surface area contributed by atoms with Crippen LogP contribution in [0.2, 0.25) is 0 Å². The molecule has 0 aromatic carbocycles. The predicted molar refractivity (Wildman–Crippen MR) is 63.0 cm³/mol. The van der Waals surface area contributed by atoms with Crippen molar-refractivity contribution in [1.82, 2.24) is 0 Å². The summed E-state index contributed by atoms with van der Waals surface area (Å²) in [6.07, 6.45) is 11.7. The summed E-state index contributed by atoms with van der Waals surface area (Å²) in [6.45, 7) is 2.44. The lowest BCUT2D eigenvalue weighted by atomic mass is 10.0. The number of hydrogen-bond acceptors (Lipinski definition) is 2. The lowest BCUT2D eigenvalue weighted by Gasteiger charge is -2.20. The summed E-state index contributed by atoms with van der Waals surface area (Å²) in [5.74, 6) is 0. The second-order valence-electron chi connectivity index (χ2n) is 4.70. The van der Waals surface area contributed by atoms with E-state index in [1.165, 1.54) is 51.4 Å². The number of rotatable bonds is 6. The molecule has 0 aromatic rings. The van der Waals surface area contributed by atoms with Crippen molar-refractivity contribution >= 4 is 0 Å². The molecule has 0 saturated carbocycles. The van der Waals surface area contributed by atoms with Crippen LogP contribution >= 0.6 is 0 Å². The van der Waals surface area contributed by atoms with Crippen LogP contribution in [0.15, 0.2) is 0 Å². The molecule has 1 aliphatic rings. The fourth-order valence-corrected chi connectivity index (χ4v) is 2.30. The first-order valence-corrected chi connectivity index (χ1v) is 6.63. The van der Waals surface area contributed by atoms with Crippen molar-refractivity contribution in [2.24, 2.45) is 0 Å². The summed E-state index contributed by atoms with van der Waals surface area (Å²) < 4.78 is 5.89. The van der Waals surface area contributed by atoms with Gasteiger partial charge in [-0.25, -0.2) is 0 Å². The van der Waals surface area contributed by atoms with E-state index in [-0.39, 0.29) is 12.7 Å². The van der Waals surface area contributed by atoms with Crippen LogP contribution in [0.1, 0.15) is 64.7 Å². The standard InChI is InChI=1S/C13H26O2/c1-2-3-4-5-8-12-9-6-7-10-13(11-14)15-12/h12-14H,2-11H2,1H3/t12-,13-/m1/s1. The molecule has 0 aromatic heterocycles. The zero-order chi connectivity index (χ0) is 10.9. The second-order valence-corrected chi connectivity index (χ2v) is 4.70. The highest BCUT2D eigenvalue weighted by Crippen LogP contribution is 2.22. The first-order valence-electron chi connectivity index (χ1n) is 6.63. The molecule has 1 fully saturated rings. The lowest BCUT2D eigenvalue weighted by Crippen LogP contribution is -2.22. The minimum absolute atomic E-state index is 0.115. The van der Waals surface area contributed by atoms with E-state index < -0.39 is 0 Å². The van der Waals surface area contributed by atoms with Crippen LogP contribution in [0.25, 0.3) is 0 Å². The largest absolute Gasteiger partial charge is 0.394 e. The Hall–Kier alpha value is -0.0800. The Labute approximate surface area is 94.0 Å². The van der Waals surface area contributed by atoms with Crippen molar-refractivity contribution in [3.63, 3.8) is 0 Å². The third-order valence-corrected chi connectivity index (χ3v) is 3.27. The molecule has 0 bridgehead atoms. The van der Waals surface area contributed by atoms with Gasteiger partial charge in [-0.1, -0.05) is 45.4 Å². The van der Waals surface area contributed by atoms with Gasteiger partial charge in [0, 0.05) is 0 Å². The topological polar surface area (TPSA) is 29.5 Å². The van der Waals surface area contributed by atoms with Gasteiger partial charge >= 0.3 is 0 Å². The highest BCUT2D eigenvalue weighted by atomic mass is 16.5. The van der Waals surface area contributed by atoms with Gasteiger partial charge in [-0.3, -0.25) is 0 Å². The predicted octanol–water partition coefficient (Wildman–Crippen LogP) is 3.28. The highest BCUT2D eigenvalue weighted by Gasteiger charge is 2.19. The lowest BCUT2D eigenvalue weighted by molar-refractivity contribution is -0.0392. The molecule has 0 aliphatic carbocycles. The van der Waals surface area contributed by atoms with E-state index >= 15 is 0 Å². The van der Waals surface area contributed by atoms with Crippen LogP contribution < -0.4 is 0 Å². The van der Waals surface area contributed by atoms with Crippen LogP contribution in [0, 0.1) is 0 Å². The maximum atomic E-state index is 9.12. The van der Waals surface area contributed by atoms with Gasteiger partial charge in [-0.05, 0) is 19.3 Å². The summed E-state index contributed by atoms with van der Waals surface area (Å²) >= 11 is 0. The van der Waals surface area contributed by atoms with Gasteiger partial charge in [0.2, 0.25) is 0 Å². The van der Waals surface area contributed by atoms with Gasteiger partial charge in [0.25, 0.3) is 0 Å². The van der Waals surface area contributed by atoms with E-state index in [0.717, 1.165) is 6.42 Å². The van der Waals surface area contributed by atoms with Gasteiger partial charge < -0.3 is 9.84 Å². The quantitative estimate of drug-likeness (QED) is 0.688. The average Bonchev–Trinajstić information content (AvgIpc) is 2.49. The van der Waals surface area contributed by atoms with Crippen LogP contribution in [0.4, 0.5) is 0 Å². The molecule has 2 atom stereocenters. The molecule has 15 heavy (non-hydrogen) atoms. The summed E-state index contributed by atoms with van der Waals surface area (Å²) in [5, 5.41) is 9.12. The molecule has 0 spiro atoms. The average molecular weight is 214 g/mol. The van der Waals surface area contributed by atoms with Crippen LogP contribution in [0.3, 0.4) is 0 Å². The molecule has 1 rings (SSSR count). The molecule has 90 valence electrons. The van der Waals surface area contributed by atoms with E-state index in [9.17, 15) is 0 Å². The van der Waals surface area contributed by atoms with Gasteiger partial charge in [0.05, 0.1) is 18.8 Å². The van der Waals surface area contributed by atoms with Gasteiger partial charge in [-0.15, -0.1) is 0 Å². The fraction of sp³-hybridized carbons (Fsp3) is 1.00. The smallest absolute Gasteiger partial charge is 0.0809 e. The molecule has 1 heterocycles. The molecule has 2 heteroatoms. The third-order valence-electron chi connectivity index (χ3n) is 3.27. The Morgan fingerprint density at radius 3 is 2.47 bits per heavy atom. The van der Waals surface area contributed by atoms with Crippen LogP contribution in [-0.4, -0.2) is 23.9 Å². The monoisotopic (exact) mass is 214 g/mol. The van der Waals surface area contributed by atoms with E-state index in [1.807, 2.05) is 0 Å². The molecule has 0 amide bonds. The SMILES string of the molecule is CCCCCC[C@@H]1CCCC[C@H](CO)O1. The fourth-order valence-electron chi connectivity index (χ4n) is 2.30. The van der Waals surface area contributed by atoms with Crippen molar-refractivity contribution in [2.45, 2.75) is 76.9 Å². The van der Waals surface area contributed by atoms with Crippen molar-refractivity contribution in [2.75, 3.05) is 6.61 Å². The minimum Gasteiger partial charge on any atom is -0.394 e. The van der Waals surface area contributed by atoms with Gasteiger partial charge in [0.15, 0.2) is 0 Å². The first-order chi connectivity index (χ1) is 7.36. The van der Waals surface area contributed by atoms with E-state index in [2.05, 4.69) is 6.92 Å². The van der Waals surface area contributed by atoms with Gasteiger partial charge in [-0.2, -0.15) is 0 Å². The third kappa shape index (κ3) is 5.53. The molecule has 1 saturated heterocycles. The van der Waals surface area contributed by atoms with E-state index in [0.29, 0.717) is 6.10 Å². The Kier molecular flexibility index (Phi) is 7.03. The van der Waals surface area contributed by atoms with Gasteiger partial charge in [0.1, 0.15) is 0 Å². The first kappa shape index (κ1) is 13.0. The zero-order valence-corrected chi connectivity index (χ0v) is 10.1. The molecular weight excluding hydrogens is 188 g/mol. The second kappa shape index (κ2) is 8.12. The zero-order valence-electron chi connectivity index (χ0n) is 10.1.